The van der Waals surface area contributed by atoms with Gasteiger partial charge in [0, 0.05) is 29.7 Å². The average molecular weight is 378 g/mol. The first-order valence-corrected chi connectivity index (χ1v) is 9.93. The molecule has 0 spiro atoms. The van der Waals surface area contributed by atoms with Crippen molar-refractivity contribution in [1.82, 2.24) is 9.80 Å². The van der Waals surface area contributed by atoms with E-state index in [1.54, 1.807) is 21.9 Å². The lowest BCUT2D eigenvalue weighted by Gasteiger charge is -2.40. The number of piperidine rings is 1. The number of hydrogen-bond acceptors (Lipinski definition) is 3. The van der Waals surface area contributed by atoms with Gasteiger partial charge < -0.3 is 14.7 Å². The van der Waals surface area contributed by atoms with Crippen molar-refractivity contribution in [3.05, 3.63) is 29.3 Å². The number of piperazine rings is 1. The summed E-state index contributed by atoms with van der Waals surface area (Å²) < 4.78 is 0. The maximum atomic E-state index is 12.8. The summed E-state index contributed by atoms with van der Waals surface area (Å²) in [5, 5.41) is 0.611. The van der Waals surface area contributed by atoms with Gasteiger partial charge in [-0.05, 0) is 63.5 Å². The van der Waals surface area contributed by atoms with E-state index < -0.39 is 0 Å². The van der Waals surface area contributed by atoms with Crippen LogP contribution in [0.5, 0.6) is 0 Å². The number of hydrogen-bond donors (Lipinski definition) is 0. The highest BCUT2D eigenvalue weighted by molar-refractivity contribution is 6.30. The molecule has 26 heavy (non-hydrogen) atoms. The molecule has 142 valence electrons. The fourth-order valence-electron chi connectivity index (χ4n) is 3.95. The zero-order valence-electron chi connectivity index (χ0n) is 15.7. The van der Waals surface area contributed by atoms with E-state index in [9.17, 15) is 9.59 Å². The number of nitrogens with zero attached hydrogens (tertiary/aromatic N) is 3. The third-order valence-corrected chi connectivity index (χ3v) is 5.88. The van der Waals surface area contributed by atoms with Crippen LogP contribution >= 0.6 is 11.6 Å². The molecule has 2 aliphatic rings. The number of rotatable bonds is 4. The predicted molar refractivity (Wildman–Crippen MR) is 104 cm³/mol. The van der Waals surface area contributed by atoms with Gasteiger partial charge in [0.1, 0.15) is 6.54 Å². The van der Waals surface area contributed by atoms with Crippen LogP contribution in [0.25, 0.3) is 0 Å². The fourth-order valence-corrected chi connectivity index (χ4v) is 4.13. The van der Waals surface area contributed by atoms with Gasteiger partial charge in [0.15, 0.2) is 0 Å². The zero-order valence-corrected chi connectivity index (χ0v) is 16.4. The molecule has 0 saturated carbocycles. The molecule has 0 radical (unpaired) electrons. The Hall–Kier alpha value is -1.59. The molecule has 0 aliphatic carbocycles. The van der Waals surface area contributed by atoms with Crippen molar-refractivity contribution in [3.8, 4) is 0 Å². The maximum Gasteiger partial charge on any atom is 0.246 e. The molecule has 0 aromatic heterocycles. The molecule has 5 nitrogen and oxygen atoms in total. The van der Waals surface area contributed by atoms with Gasteiger partial charge in [-0.15, -0.1) is 0 Å². The quantitative estimate of drug-likeness (QED) is 0.810. The van der Waals surface area contributed by atoms with Gasteiger partial charge in [-0.3, -0.25) is 9.59 Å². The van der Waals surface area contributed by atoms with Crippen LogP contribution in [0.15, 0.2) is 24.3 Å². The average Bonchev–Trinajstić information content (AvgIpc) is 2.63. The molecule has 2 aliphatic heterocycles. The van der Waals surface area contributed by atoms with E-state index >= 15 is 0 Å². The molecular formula is C20H28ClN3O2. The van der Waals surface area contributed by atoms with Crippen LogP contribution in [0, 0.1) is 5.92 Å². The van der Waals surface area contributed by atoms with Gasteiger partial charge in [0.25, 0.3) is 0 Å². The van der Waals surface area contributed by atoms with Gasteiger partial charge in [-0.25, -0.2) is 0 Å². The molecule has 2 saturated heterocycles. The number of carbonyl (C=O) groups excluding carboxylic acids is 2. The van der Waals surface area contributed by atoms with E-state index in [-0.39, 0.29) is 24.4 Å². The molecule has 0 unspecified atom stereocenters. The molecule has 6 heteroatoms. The van der Waals surface area contributed by atoms with Gasteiger partial charge in [-0.2, -0.15) is 0 Å². The monoisotopic (exact) mass is 377 g/mol. The van der Waals surface area contributed by atoms with Gasteiger partial charge in [0.2, 0.25) is 11.8 Å². The van der Waals surface area contributed by atoms with Crippen LogP contribution in [-0.4, -0.2) is 60.4 Å². The van der Waals surface area contributed by atoms with E-state index in [0.29, 0.717) is 23.9 Å². The highest BCUT2D eigenvalue weighted by Gasteiger charge is 2.34. The van der Waals surface area contributed by atoms with Crippen LogP contribution in [0.4, 0.5) is 5.69 Å². The Morgan fingerprint density at radius 1 is 1.27 bits per heavy atom. The van der Waals surface area contributed by atoms with Crippen molar-refractivity contribution in [2.45, 2.75) is 39.2 Å². The van der Waals surface area contributed by atoms with Crippen molar-refractivity contribution >= 4 is 29.1 Å². The lowest BCUT2D eigenvalue weighted by atomic mass is 9.92. The van der Waals surface area contributed by atoms with E-state index in [1.807, 2.05) is 19.1 Å². The number of carbonyl (C=O) groups is 2. The van der Waals surface area contributed by atoms with Crippen LogP contribution in [-0.2, 0) is 9.59 Å². The predicted octanol–water partition coefficient (Wildman–Crippen LogP) is 3.03. The van der Waals surface area contributed by atoms with E-state index in [1.165, 1.54) is 0 Å². The third kappa shape index (κ3) is 4.38. The fraction of sp³-hybridized carbons (Fsp3) is 0.600. The highest BCUT2D eigenvalue weighted by atomic mass is 35.5. The summed E-state index contributed by atoms with van der Waals surface area (Å²) in [6, 6.07) is 7.33. The number of anilines is 1. The second-order valence-corrected chi connectivity index (χ2v) is 7.87. The van der Waals surface area contributed by atoms with E-state index in [2.05, 4.69) is 11.8 Å². The molecule has 0 N–H and O–H groups in total. The van der Waals surface area contributed by atoms with E-state index in [4.69, 9.17) is 11.6 Å². The number of amides is 2. The van der Waals surface area contributed by atoms with E-state index in [0.717, 1.165) is 38.2 Å². The molecule has 3 rings (SSSR count). The number of benzene rings is 1. The number of likely N-dealkylation sites (tertiary alicyclic amines) is 1. The third-order valence-electron chi connectivity index (χ3n) is 5.64. The Kier molecular flexibility index (Phi) is 6.20. The first kappa shape index (κ1) is 19.2. The largest absolute Gasteiger partial charge is 0.329 e. The summed E-state index contributed by atoms with van der Waals surface area (Å²) >= 11 is 6.05. The highest BCUT2D eigenvalue weighted by Crippen LogP contribution is 2.26. The molecule has 2 heterocycles. The Morgan fingerprint density at radius 2 is 2.00 bits per heavy atom. The standard InChI is InChI=1S/C20H28ClN3O2/c1-3-22-9-7-16(8-10-22)11-19(25)23-14-20(26)24(13-15(23)2)18-6-4-5-17(21)12-18/h4-6,12,15-16H,3,7-11,13-14H2,1-2H3/t15-/m0/s1. The minimum atomic E-state index is -0.0421. The van der Waals surface area contributed by atoms with Crippen LogP contribution < -0.4 is 4.90 Å². The molecule has 2 fully saturated rings. The summed E-state index contributed by atoms with van der Waals surface area (Å²) in [5.41, 5.74) is 0.799. The molecular weight excluding hydrogens is 350 g/mol. The summed E-state index contributed by atoms with van der Waals surface area (Å²) in [5.74, 6) is 0.518. The van der Waals surface area contributed by atoms with Crippen molar-refractivity contribution in [1.29, 1.82) is 0 Å². The molecule has 1 atom stereocenters. The maximum absolute atomic E-state index is 12.8. The molecule has 1 aromatic carbocycles. The molecule has 2 amide bonds. The van der Waals surface area contributed by atoms with Gasteiger partial charge in [0.05, 0.1) is 0 Å². The zero-order chi connectivity index (χ0) is 18.7. The summed E-state index contributed by atoms with van der Waals surface area (Å²) in [6.45, 7) is 8.09. The van der Waals surface area contributed by atoms with Gasteiger partial charge >= 0.3 is 0 Å². The molecule has 0 bridgehead atoms. The smallest absolute Gasteiger partial charge is 0.246 e. The van der Waals surface area contributed by atoms with Crippen molar-refractivity contribution in [2.75, 3.05) is 37.6 Å². The van der Waals surface area contributed by atoms with Gasteiger partial charge in [-0.1, -0.05) is 24.6 Å². The second kappa shape index (κ2) is 8.40. The lowest BCUT2D eigenvalue weighted by molar-refractivity contribution is -0.140. The lowest BCUT2D eigenvalue weighted by Crippen LogP contribution is -2.57. The normalized spacial score (nSPS) is 22.7. The minimum absolute atomic E-state index is 0.00918. The van der Waals surface area contributed by atoms with Crippen molar-refractivity contribution < 1.29 is 9.59 Å². The number of halogens is 1. The van der Waals surface area contributed by atoms with Crippen LogP contribution in [0.1, 0.15) is 33.1 Å². The Bertz CT molecular complexity index is 658. The Balaban J connectivity index is 1.59. The topological polar surface area (TPSA) is 43.9 Å². The van der Waals surface area contributed by atoms with Crippen LogP contribution in [0.2, 0.25) is 5.02 Å². The summed E-state index contributed by atoms with van der Waals surface area (Å²) in [7, 11) is 0. The Labute approximate surface area is 160 Å². The molecule has 1 aromatic rings. The van der Waals surface area contributed by atoms with Crippen molar-refractivity contribution in [3.63, 3.8) is 0 Å². The summed E-state index contributed by atoms with van der Waals surface area (Å²) in [4.78, 5) is 31.3. The van der Waals surface area contributed by atoms with Crippen LogP contribution in [0.3, 0.4) is 0 Å². The first-order chi connectivity index (χ1) is 12.5. The van der Waals surface area contributed by atoms with Crippen molar-refractivity contribution in [2.24, 2.45) is 5.92 Å². The minimum Gasteiger partial charge on any atom is -0.329 e. The second-order valence-electron chi connectivity index (χ2n) is 7.44. The first-order valence-electron chi connectivity index (χ1n) is 9.55. The Morgan fingerprint density at radius 3 is 2.65 bits per heavy atom. The summed E-state index contributed by atoms with van der Waals surface area (Å²) in [6.07, 6.45) is 2.71. The SMILES string of the molecule is CCN1CCC(CC(=O)N2CC(=O)N(c3cccc(Cl)c3)C[C@@H]2C)CC1.